The van der Waals surface area contributed by atoms with E-state index in [9.17, 15) is 0 Å². The number of ether oxygens (including phenoxy) is 1. The smallest absolute Gasteiger partial charge is 0.129 e. The Hall–Kier alpha value is -2.50. The van der Waals surface area contributed by atoms with Crippen LogP contribution in [-0.2, 0) is 4.74 Å². The molecule has 0 atom stereocenters. The van der Waals surface area contributed by atoms with Crippen LogP contribution in [0.3, 0.4) is 0 Å². The Morgan fingerprint density at radius 1 is 0.920 bits per heavy atom. The minimum absolute atomic E-state index is 0.713. The van der Waals surface area contributed by atoms with E-state index >= 15 is 0 Å². The molecule has 0 N–H and O–H groups in total. The maximum absolute atomic E-state index is 5.71. The quantitative estimate of drug-likeness (QED) is 0.677. The molecule has 2 aromatic carbocycles. The third-order valence-corrected chi connectivity index (χ3v) is 4.76. The molecule has 3 aromatic rings. The van der Waals surface area contributed by atoms with Gasteiger partial charge in [-0.3, -0.25) is 0 Å². The summed E-state index contributed by atoms with van der Waals surface area (Å²) in [6.45, 7) is 3.06. The van der Waals surface area contributed by atoms with E-state index in [1.54, 1.807) is 0 Å². The molecule has 0 amide bonds. The van der Waals surface area contributed by atoms with Crippen LogP contribution in [0.5, 0.6) is 0 Å². The Bertz CT molecular complexity index is 798. The monoisotopic (exact) mass is 349 g/mol. The first kappa shape index (κ1) is 16.0. The Balaban J connectivity index is 1.77. The van der Waals surface area contributed by atoms with Gasteiger partial charge in [-0.05, 0) is 18.2 Å². The van der Waals surface area contributed by atoms with E-state index in [4.69, 9.17) is 22.1 Å². The summed E-state index contributed by atoms with van der Waals surface area (Å²) >= 11 is 5.71. The highest BCUT2D eigenvalue weighted by atomic mass is 32.1. The molecule has 0 aliphatic carbocycles. The van der Waals surface area contributed by atoms with Gasteiger partial charge in [0.25, 0.3) is 0 Å². The number of morpholine rings is 1. The second kappa shape index (κ2) is 7.17. The fourth-order valence-electron chi connectivity index (χ4n) is 2.99. The molecule has 1 aliphatic heterocycles. The number of para-hydroxylation sites is 1. The fraction of sp³-hybridized carbons (Fsp3) is 0.200. The molecule has 4 rings (SSSR count). The molecular formula is C20H19N3OS. The average molecular weight is 349 g/mol. The van der Waals surface area contributed by atoms with Crippen molar-refractivity contribution < 1.29 is 4.74 Å². The van der Waals surface area contributed by atoms with Crippen molar-refractivity contribution in [2.75, 3.05) is 26.3 Å². The molecule has 2 heterocycles. The third-order valence-electron chi connectivity index (χ3n) is 4.30. The van der Waals surface area contributed by atoms with E-state index in [2.05, 4.69) is 35.2 Å². The molecule has 1 aromatic heterocycles. The maximum Gasteiger partial charge on any atom is 0.129 e. The number of aromatic nitrogens is 2. The fourth-order valence-corrected chi connectivity index (χ4v) is 3.28. The van der Waals surface area contributed by atoms with Gasteiger partial charge in [-0.15, -0.1) is 0 Å². The SMILES string of the molecule is S=C(c1cc(-c2ccccc2)n(-c2ccccc2)n1)N1CCOCC1. The van der Waals surface area contributed by atoms with Crippen molar-refractivity contribution in [1.29, 1.82) is 0 Å². The zero-order chi connectivity index (χ0) is 17.1. The van der Waals surface area contributed by atoms with Gasteiger partial charge in [-0.1, -0.05) is 60.7 Å². The van der Waals surface area contributed by atoms with E-state index in [0.717, 1.165) is 40.7 Å². The van der Waals surface area contributed by atoms with Crippen molar-refractivity contribution in [2.45, 2.75) is 0 Å². The minimum Gasteiger partial charge on any atom is -0.378 e. The summed E-state index contributed by atoms with van der Waals surface area (Å²) in [4.78, 5) is 2.96. The molecule has 1 fully saturated rings. The van der Waals surface area contributed by atoms with Crippen molar-refractivity contribution in [2.24, 2.45) is 0 Å². The predicted octanol–water partition coefficient (Wildman–Crippen LogP) is 3.55. The van der Waals surface area contributed by atoms with Crippen molar-refractivity contribution in [1.82, 2.24) is 14.7 Å². The van der Waals surface area contributed by atoms with Gasteiger partial charge in [0.1, 0.15) is 10.7 Å². The van der Waals surface area contributed by atoms with E-state index in [-0.39, 0.29) is 0 Å². The molecular weight excluding hydrogens is 330 g/mol. The first-order chi connectivity index (χ1) is 12.3. The Kier molecular flexibility index (Phi) is 4.59. The molecule has 0 spiro atoms. The van der Waals surface area contributed by atoms with Crippen LogP contribution in [0.25, 0.3) is 16.9 Å². The van der Waals surface area contributed by atoms with Gasteiger partial charge in [0.2, 0.25) is 0 Å². The first-order valence-electron chi connectivity index (χ1n) is 8.41. The van der Waals surface area contributed by atoms with Crippen molar-refractivity contribution in [3.8, 4) is 16.9 Å². The van der Waals surface area contributed by atoms with Crippen LogP contribution in [0.4, 0.5) is 0 Å². The summed E-state index contributed by atoms with van der Waals surface area (Å²) in [6, 6.07) is 22.5. The number of hydrogen-bond acceptors (Lipinski definition) is 3. The Morgan fingerprint density at radius 2 is 1.56 bits per heavy atom. The highest BCUT2D eigenvalue weighted by molar-refractivity contribution is 7.80. The highest BCUT2D eigenvalue weighted by Gasteiger charge is 2.20. The topological polar surface area (TPSA) is 30.3 Å². The molecule has 4 nitrogen and oxygen atoms in total. The van der Waals surface area contributed by atoms with Gasteiger partial charge in [0.15, 0.2) is 0 Å². The lowest BCUT2D eigenvalue weighted by Gasteiger charge is -2.28. The zero-order valence-corrected chi connectivity index (χ0v) is 14.7. The first-order valence-corrected chi connectivity index (χ1v) is 8.82. The summed E-state index contributed by atoms with van der Waals surface area (Å²) in [5.41, 5.74) is 4.02. The third kappa shape index (κ3) is 3.34. The molecule has 0 radical (unpaired) electrons. The number of hydrogen-bond donors (Lipinski definition) is 0. The molecule has 0 saturated carbocycles. The number of rotatable bonds is 3. The Labute approximate surface area is 152 Å². The van der Waals surface area contributed by atoms with Gasteiger partial charge in [0.05, 0.1) is 24.6 Å². The second-order valence-corrected chi connectivity index (χ2v) is 6.32. The van der Waals surface area contributed by atoms with Crippen LogP contribution in [-0.4, -0.2) is 46.0 Å². The summed E-state index contributed by atoms with van der Waals surface area (Å²) in [7, 11) is 0. The Morgan fingerprint density at radius 3 is 2.24 bits per heavy atom. The van der Waals surface area contributed by atoms with Crippen molar-refractivity contribution in [3.63, 3.8) is 0 Å². The second-order valence-electron chi connectivity index (χ2n) is 5.93. The average Bonchev–Trinajstić information content (AvgIpc) is 3.15. The van der Waals surface area contributed by atoms with Crippen LogP contribution in [0, 0.1) is 0 Å². The lowest BCUT2D eigenvalue weighted by atomic mass is 10.1. The van der Waals surface area contributed by atoms with Gasteiger partial charge < -0.3 is 9.64 Å². The van der Waals surface area contributed by atoms with Crippen LogP contribution >= 0.6 is 12.2 Å². The highest BCUT2D eigenvalue weighted by Crippen LogP contribution is 2.25. The van der Waals surface area contributed by atoms with Crippen LogP contribution in [0.15, 0.2) is 66.7 Å². The maximum atomic E-state index is 5.71. The van der Waals surface area contributed by atoms with Gasteiger partial charge in [-0.2, -0.15) is 5.10 Å². The van der Waals surface area contributed by atoms with Crippen LogP contribution in [0.2, 0.25) is 0 Å². The molecule has 126 valence electrons. The van der Waals surface area contributed by atoms with Gasteiger partial charge >= 0.3 is 0 Å². The van der Waals surface area contributed by atoms with Crippen molar-refractivity contribution >= 4 is 17.2 Å². The zero-order valence-electron chi connectivity index (χ0n) is 13.8. The lowest BCUT2D eigenvalue weighted by molar-refractivity contribution is 0.0692. The van der Waals surface area contributed by atoms with E-state index in [1.165, 1.54) is 0 Å². The van der Waals surface area contributed by atoms with Crippen molar-refractivity contribution in [3.05, 3.63) is 72.4 Å². The van der Waals surface area contributed by atoms with E-state index in [1.807, 2.05) is 41.1 Å². The molecule has 1 aliphatic rings. The minimum atomic E-state index is 0.713. The number of thiocarbonyl (C=S) groups is 1. The van der Waals surface area contributed by atoms with Gasteiger partial charge in [0, 0.05) is 18.7 Å². The summed E-state index contributed by atoms with van der Waals surface area (Å²) in [6.07, 6.45) is 0. The van der Waals surface area contributed by atoms with E-state index in [0.29, 0.717) is 13.2 Å². The molecule has 0 bridgehead atoms. The normalized spacial score (nSPS) is 14.5. The lowest BCUT2D eigenvalue weighted by Crippen LogP contribution is -2.40. The van der Waals surface area contributed by atoms with Gasteiger partial charge in [-0.25, -0.2) is 4.68 Å². The van der Waals surface area contributed by atoms with Crippen LogP contribution in [0.1, 0.15) is 5.69 Å². The largest absolute Gasteiger partial charge is 0.378 e. The summed E-state index contributed by atoms with van der Waals surface area (Å²) in [5.74, 6) is 0. The summed E-state index contributed by atoms with van der Waals surface area (Å²) in [5, 5.41) is 4.82. The molecule has 1 saturated heterocycles. The molecule has 0 unspecified atom stereocenters. The molecule has 5 heteroatoms. The molecule has 25 heavy (non-hydrogen) atoms. The van der Waals surface area contributed by atoms with Crippen LogP contribution < -0.4 is 0 Å². The predicted molar refractivity (Wildman–Crippen MR) is 103 cm³/mol. The summed E-state index contributed by atoms with van der Waals surface area (Å²) < 4.78 is 7.40. The number of benzene rings is 2. The standard InChI is InChI=1S/C20H19N3OS/c25-20(22-11-13-24-14-12-22)18-15-19(16-7-3-1-4-8-16)23(21-18)17-9-5-2-6-10-17/h1-10,15H,11-14H2. The van der Waals surface area contributed by atoms with E-state index < -0.39 is 0 Å². The number of nitrogens with zero attached hydrogens (tertiary/aromatic N) is 3.